The number of aromatic amines is 1. The van der Waals surface area contributed by atoms with Crippen LogP contribution in [0.25, 0.3) is 27.7 Å². The number of carbonyl (C=O) groups is 1. The van der Waals surface area contributed by atoms with Gasteiger partial charge in [0.2, 0.25) is 0 Å². The summed E-state index contributed by atoms with van der Waals surface area (Å²) < 4.78 is 1.45. The number of pyridine rings is 2. The van der Waals surface area contributed by atoms with E-state index in [1.807, 2.05) is 31.2 Å². The van der Waals surface area contributed by atoms with Crippen molar-refractivity contribution in [3.63, 3.8) is 0 Å². The summed E-state index contributed by atoms with van der Waals surface area (Å²) in [6, 6.07) is 9.37. The molecule has 134 valence electrons. The number of benzene rings is 1. The Bertz CT molecular complexity index is 1300. The van der Waals surface area contributed by atoms with Crippen LogP contribution >= 0.6 is 0 Å². The normalized spacial score (nSPS) is 13.6. The van der Waals surface area contributed by atoms with Crippen molar-refractivity contribution in [3.8, 4) is 11.1 Å². The molecule has 1 fully saturated rings. The quantitative estimate of drug-likeness (QED) is 0.467. The van der Waals surface area contributed by atoms with Crippen LogP contribution in [0.4, 0.5) is 0 Å². The van der Waals surface area contributed by atoms with Gasteiger partial charge in [0.15, 0.2) is 0 Å². The van der Waals surface area contributed by atoms with Gasteiger partial charge in [-0.1, -0.05) is 6.07 Å². The number of aromatic nitrogens is 3. The Morgan fingerprint density at radius 3 is 2.75 bits per heavy atom. The van der Waals surface area contributed by atoms with Gasteiger partial charge < -0.3 is 14.9 Å². The molecule has 0 aliphatic heterocycles. The van der Waals surface area contributed by atoms with Crippen molar-refractivity contribution in [2.45, 2.75) is 25.7 Å². The summed E-state index contributed by atoms with van der Waals surface area (Å²) >= 11 is 0. The number of aromatic carboxylic acids is 1. The van der Waals surface area contributed by atoms with Crippen LogP contribution in [0.5, 0.6) is 0 Å². The number of aryl methyl sites for hydroxylation is 1. The average molecular weight is 397 g/mol. The second kappa shape index (κ2) is 7.24. The zero-order valence-electron chi connectivity index (χ0n) is 15.7. The first kappa shape index (κ1) is 19.5. The third kappa shape index (κ3) is 3.07. The molecule has 1 aliphatic carbocycles. The fraction of sp³-hybridized carbons (Fsp3) is 0.190. The third-order valence-corrected chi connectivity index (χ3v) is 5.38. The van der Waals surface area contributed by atoms with E-state index in [0.717, 1.165) is 51.6 Å². The topological polar surface area (TPSA) is 90.3 Å². The van der Waals surface area contributed by atoms with E-state index in [9.17, 15) is 14.7 Å². The van der Waals surface area contributed by atoms with Gasteiger partial charge in [-0.2, -0.15) is 0 Å². The third-order valence-electron chi connectivity index (χ3n) is 5.38. The minimum absolute atomic E-state index is 0. The Morgan fingerprint density at radius 1 is 1.25 bits per heavy atom. The van der Waals surface area contributed by atoms with Crippen molar-refractivity contribution in [1.82, 2.24) is 14.4 Å². The van der Waals surface area contributed by atoms with Crippen LogP contribution in [0.1, 0.15) is 40.2 Å². The summed E-state index contributed by atoms with van der Waals surface area (Å²) in [4.78, 5) is 31.4. The molecule has 1 saturated carbocycles. The molecule has 0 saturated heterocycles. The van der Waals surface area contributed by atoms with E-state index in [1.165, 1.54) is 10.5 Å². The summed E-state index contributed by atoms with van der Waals surface area (Å²) in [5.41, 5.74) is 5.68. The van der Waals surface area contributed by atoms with Crippen LogP contribution in [0.2, 0.25) is 0 Å². The van der Waals surface area contributed by atoms with Gasteiger partial charge in [0.1, 0.15) is 0 Å². The molecule has 3 aromatic heterocycles. The van der Waals surface area contributed by atoms with E-state index >= 15 is 0 Å². The Balaban J connectivity index is 0.00000192. The second-order valence-electron chi connectivity index (χ2n) is 7.09. The van der Waals surface area contributed by atoms with Crippen molar-refractivity contribution in [2.75, 3.05) is 0 Å². The first-order valence-electron chi connectivity index (χ1n) is 8.88. The molecule has 4 aromatic rings. The fourth-order valence-electron chi connectivity index (χ4n) is 3.86. The fourth-order valence-corrected chi connectivity index (χ4v) is 3.86. The molecular weight excluding hydrogens is 381 g/mol. The minimum atomic E-state index is -1.43. The molecule has 0 amide bonds. The number of rotatable bonds is 3. The molecule has 1 N–H and O–H groups in total. The predicted molar refractivity (Wildman–Crippen MR) is 99.8 cm³/mol. The molecule has 28 heavy (non-hydrogen) atoms. The number of carboxylic acids is 1. The largest absolute Gasteiger partial charge is 1.00 e. The number of H-pyrrole nitrogens is 1. The van der Waals surface area contributed by atoms with Gasteiger partial charge in [0, 0.05) is 6.20 Å². The number of hydrogen-bond acceptors (Lipinski definition) is 4. The van der Waals surface area contributed by atoms with Crippen molar-refractivity contribution >= 4 is 22.5 Å². The molecule has 0 spiro atoms. The van der Waals surface area contributed by atoms with Gasteiger partial charge >= 0.3 is 51.4 Å². The van der Waals surface area contributed by atoms with E-state index in [2.05, 4.69) is 9.97 Å². The number of nitrogens with one attached hydrogen (secondary N) is 1. The zero-order chi connectivity index (χ0) is 18.7. The molecule has 6 nitrogen and oxygen atoms in total. The van der Waals surface area contributed by atoms with Crippen LogP contribution < -0.4 is 62.1 Å². The number of nitrogens with zero attached hydrogens (tertiary/aromatic N) is 2. The molecule has 0 atom stereocenters. The summed E-state index contributed by atoms with van der Waals surface area (Å²) in [6.45, 7) is 1.98. The van der Waals surface area contributed by atoms with Crippen LogP contribution in [0.15, 0.2) is 47.7 Å². The Hall–Kier alpha value is -1.77. The summed E-state index contributed by atoms with van der Waals surface area (Å²) in [5, 5.41) is 11.4. The smallest absolute Gasteiger partial charge is 0.545 e. The van der Waals surface area contributed by atoms with E-state index < -0.39 is 11.5 Å². The molecular formula is C21H16KN3O3. The number of fused-ring (bicyclic) bond motifs is 2. The first-order chi connectivity index (χ1) is 13.0. The summed E-state index contributed by atoms with van der Waals surface area (Å²) in [5.74, 6) is -1.14. The van der Waals surface area contributed by atoms with Crippen LogP contribution in [-0.4, -0.2) is 20.3 Å². The van der Waals surface area contributed by atoms with Gasteiger partial charge in [-0.05, 0) is 72.2 Å². The molecule has 0 bridgehead atoms. The maximum absolute atomic E-state index is 12.6. The number of carboxylic acid groups (broad SMARTS) is 1. The Morgan fingerprint density at radius 2 is 2.04 bits per heavy atom. The first-order valence-corrected chi connectivity index (χ1v) is 8.88. The zero-order valence-corrected chi connectivity index (χ0v) is 18.8. The van der Waals surface area contributed by atoms with E-state index in [0.29, 0.717) is 5.92 Å². The van der Waals surface area contributed by atoms with Crippen LogP contribution in [-0.2, 0) is 0 Å². The van der Waals surface area contributed by atoms with Gasteiger partial charge in [-0.25, -0.2) is 4.98 Å². The Kier molecular flexibility index (Phi) is 5.05. The van der Waals surface area contributed by atoms with E-state index in [1.54, 1.807) is 12.5 Å². The van der Waals surface area contributed by atoms with Crippen molar-refractivity contribution in [1.29, 1.82) is 0 Å². The van der Waals surface area contributed by atoms with Crippen LogP contribution in [0, 0.1) is 6.92 Å². The van der Waals surface area contributed by atoms with Crippen molar-refractivity contribution in [2.24, 2.45) is 0 Å². The molecule has 7 heteroatoms. The number of hydrogen-bond donors (Lipinski definition) is 1. The van der Waals surface area contributed by atoms with Crippen molar-refractivity contribution in [3.05, 3.63) is 69.9 Å². The van der Waals surface area contributed by atoms with Crippen LogP contribution in [0.3, 0.4) is 0 Å². The standard InChI is InChI=1S/C21H17N3O3.K/c1-11-14(13-4-5-17-18(8-13)23-10-22-17)6-7-24-19(11)15(12-2-3-12)9-16(20(24)25)21(26)27;/h4-10,12H,2-3H2,1H3,(H,22,23)(H,26,27);/q;+1/p-1. The molecule has 3 heterocycles. The number of carbonyl (C=O) groups excluding carboxylic acids is 1. The van der Waals surface area contributed by atoms with Gasteiger partial charge in [0.05, 0.1) is 34.4 Å². The van der Waals surface area contributed by atoms with Gasteiger partial charge in [-0.15, -0.1) is 0 Å². The molecule has 5 rings (SSSR count). The SMILES string of the molecule is Cc1c(-c2ccc3[nH]cnc3c2)ccn2c(=O)c(C(=O)[O-])cc(C3CC3)c12.[K+]. The molecule has 1 aromatic carbocycles. The maximum Gasteiger partial charge on any atom is 1.00 e. The minimum Gasteiger partial charge on any atom is -0.545 e. The molecule has 0 radical (unpaired) electrons. The summed E-state index contributed by atoms with van der Waals surface area (Å²) in [6.07, 6.45) is 5.33. The second-order valence-corrected chi connectivity index (χ2v) is 7.09. The van der Waals surface area contributed by atoms with Gasteiger partial charge in [-0.3, -0.25) is 9.20 Å². The summed E-state index contributed by atoms with van der Waals surface area (Å²) in [7, 11) is 0. The van der Waals surface area contributed by atoms with E-state index in [-0.39, 0.29) is 56.9 Å². The molecule has 0 unspecified atom stereocenters. The van der Waals surface area contributed by atoms with Crippen molar-refractivity contribution < 1.29 is 61.3 Å². The molecule has 1 aliphatic rings. The average Bonchev–Trinajstić information content (AvgIpc) is 3.39. The Labute approximate surface area is 203 Å². The van der Waals surface area contributed by atoms with E-state index in [4.69, 9.17) is 0 Å². The maximum atomic E-state index is 12.6. The monoisotopic (exact) mass is 397 g/mol. The number of imidazole rings is 1. The van der Waals surface area contributed by atoms with Gasteiger partial charge in [0.25, 0.3) is 5.56 Å². The predicted octanol–water partition coefficient (Wildman–Crippen LogP) is -0.604.